The molecule has 0 amide bonds. The molecule has 4 aromatic heterocycles. The van der Waals surface area contributed by atoms with Crippen LogP contribution in [0.25, 0.3) is 44.2 Å². The van der Waals surface area contributed by atoms with Crippen LogP contribution in [0.1, 0.15) is 62.8 Å². The molecule has 0 spiro atoms. The maximum Gasteiger partial charge on any atom is 0.163 e. The number of nitrogens with zero attached hydrogens (tertiary/aromatic N) is 5. The number of aliphatic hydroxyl groups is 1. The fourth-order valence-corrected chi connectivity index (χ4v) is 7.06. The third-order valence-electron chi connectivity index (χ3n) is 9.19. The van der Waals surface area contributed by atoms with Crippen LogP contribution in [0.5, 0.6) is 0 Å². The average molecular weight is 491 g/mol. The van der Waals surface area contributed by atoms with Crippen LogP contribution in [0.2, 0.25) is 0 Å². The molecule has 0 unspecified atom stereocenters. The second-order valence-corrected chi connectivity index (χ2v) is 11.2. The van der Waals surface area contributed by atoms with Crippen molar-refractivity contribution in [3.8, 4) is 11.4 Å². The molecule has 8 rings (SSSR count). The maximum absolute atomic E-state index is 11.6. The van der Waals surface area contributed by atoms with E-state index in [-0.39, 0.29) is 6.04 Å². The Hall–Kier alpha value is -3.58. The fourth-order valence-electron chi connectivity index (χ4n) is 7.06. The molecule has 7 nitrogen and oxygen atoms in total. The van der Waals surface area contributed by atoms with Crippen molar-refractivity contribution in [3.05, 3.63) is 54.5 Å². The van der Waals surface area contributed by atoms with Crippen LogP contribution in [-0.2, 0) is 0 Å². The fraction of sp³-hybridized carbons (Fsp3) is 0.400. The number of nitrogens with one attached hydrogen (secondary N) is 1. The van der Waals surface area contributed by atoms with Crippen LogP contribution in [0.15, 0.2) is 48.9 Å². The highest BCUT2D eigenvalue weighted by molar-refractivity contribution is 6.12. The SMILES string of the molecule is O[C@@]12CCCC[C@@H]1N(c1nc(-c3ccnc4[nH]c5ccccc5c34)nc3cncc(C4CCC4)c13)CC2. The van der Waals surface area contributed by atoms with Crippen molar-refractivity contribution in [2.45, 2.75) is 68.9 Å². The molecule has 2 saturated carbocycles. The van der Waals surface area contributed by atoms with E-state index < -0.39 is 5.60 Å². The van der Waals surface area contributed by atoms with Gasteiger partial charge in [0.15, 0.2) is 5.82 Å². The zero-order chi connectivity index (χ0) is 24.6. The number of aromatic nitrogens is 5. The standard InChI is InChI=1S/C30H30N6O/c37-30-12-4-3-10-24(30)36(15-13-30)29-26-21(18-6-5-7-18)16-31-17-23(26)34-27(35-29)20-11-14-32-28-25(20)19-8-1-2-9-22(19)33-28/h1-2,8-9,11,14,16-18,24,37H,3-7,10,12-13,15H2,(H,32,33)/t24-,30+/m0/s1. The smallest absolute Gasteiger partial charge is 0.163 e. The summed E-state index contributed by atoms with van der Waals surface area (Å²) in [7, 11) is 0. The number of benzene rings is 1. The highest BCUT2D eigenvalue weighted by Gasteiger charge is 2.48. The van der Waals surface area contributed by atoms with Crippen molar-refractivity contribution in [2.75, 3.05) is 11.4 Å². The molecule has 1 aromatic carbocycles. The zero-order valence-electron chi connectivity index (χ0n) is 20.8. The number of anilines is 1. The lowest BCUT2D eigenvalue weighted by Gasteiger charge is -2.39. The Morgan fingerprint density at radius 1 is 0.946 bits per heavy atom. The number of fused-ring (bicyclic) bond motifs is 5. The van der Waals surface area contributed by atoms with Crippen molar-refractivity contribution < 1.29 is 5.11 Å². The number of aromatic amines is 1. The first-order chi connectivity index (χ1) is 18.2. The predicted molar refractivity (Wildman–Crippen MR) is 146 cm³/mol. The van der Waals surface area contributed by atoms with Crippen LogP contribution in [0.4, 0.5) is 5.82 Å². The highest BCUT2D eigenvalue weighted by atomic mass is 16.3. The Bertz CT molecular complexity index is 1670. The third-order valence-corrected chi connectivity index (χ3v) is 9.19. The van der Waals surface area contributed by atoms with Gasteiger partial charge in [-0.3, -0.25) is 4.98 Å². The zero-order valence-corrected chi connectivity index (χ0v) is 20.8. The van der Waals surface area contributed by atoms with E-state index in [0.29, 0.717) is 11.7 Å². The number of pyridine rings is 2. The third kappa shape index (κ3) is 3.16. The van der Waals surface area contributed by atoms with E-state index in [1.54, 1.807) is 0 Å². The molecule has 0 bridgehead atoms. The largest absolute Gasteiger partial charge is 0.388 e. The molecule has 3 fully saturated rings. The Labute approximate surface area is 215 Å². The lowest BCUT2D eigenvalue weighted by atomic mass is 9.79. The minimum atomic E-state index is -0.625. The molecular formula is C30H30N6O. The molecule has 3 aliphatic rings. The average Bonchev–Trinajstić information content (AvgIpc) is 3.45. The first-order valence-corrected chi connectivity index (χ1v) is 13.7. The van der Waals surface area contributed by atoms with Gasteiger partial charge < -0.3 is 15.0 Å². The van der Waals surface area contributed by atoms with Gasteiger partial charge in [-0.05, 0) is 55.7 Å². The number of para-hydroxylation sites is 1. The predicted octanol–water partition coefficient (Wildman–Crippen LogP) is 5.87. The summed E-state index contributed by atoms with van der Waals surface area (Å²) in [6.45, 7) is 0.817. The Morgan fingerprint density at radius 2 is 1.86 bits per heavy atom. The second-order valence-electron chi connectivity index (χ2n) is 11.2. The van der Waals surface area contributed by atoms with Gasteiger partial charge >= 0.3 is 0 Å². The lowest BCUT2D eigenvalue weighted by Crippen LogP contribution is -2.47. The van der Waals surface area contributed by atoms with Gasteiger partial charge in [0.1, 0.15) is 11.5 Å². The van der Waals surface area contributed by atoms with Crippen molar-refractivity contribution in [1.82, 2.24) is 24.9 Å². The van der Waals surface area contributed by atoms with Gasteiger partial charge in [0.05, 0.1) is 23.4 Å². The summed E-state index contributed by atoms with van der Waals surface area (Å²) in [4.78, 5) is 25.6. The first-order valence-electron chi connectivity index (χ1n) is 13.7. The topological polar surface area (TPSA) is 90.8 Å². The summed E-state index contributed by atoms with van der Waals surface area (Å²) in [5, 5.41) is 14.9. The molecule has 5 heterocycles. The molecule has 1 aliphatic heterocycles. The van der Waals surface area contributed by atoms with Crippen LogP contribution < -0.4 is 4.90 Å². The maximum atomic E-state index is 11.6. The van der Waals surface area contributed by atoms with E-state index in [0.717, 1.165) is 82.9 Å². The monoisotopic (exact) mass is 490 g/mol. The van der Waals surface area contributed by atoms with Crippen molar-refractivity contribution >= 4 is 38.7 Å². The Balaban J connectivity index is 1.39. The van der Waals surface area contributed by atoms with E-state index in [9.17, 15) is 5.11 Å². The van der Waals surface area contributed by atoms with E-state index in [2.05, 4.69) is 38.1 Å². The quantitative estimate of drug-likeness (QED) is 0.329. The van der Waals surface area contributed by atoms with Crippen LogP contribution >= 0.6 is 0 Å². The number of H-pyrrole nitrogens is 1. The van der Waals surface area contributed by atoms with Gasteiger partial charge in [-0.2, -0.15) is 0 Å². The van der Waals surface area contributed by atoms with Gasteiger partial charge in [-0.1, -0.05) is 37.5 Å². The van der Waals surface area contributed by atoms with E-state index in [4.69, 9.17) is 9.97 Å². The molecular weight excluding hydrogens is 460 g/mol. The Morgan fingerprint density at radius 3 is 2.76 bits per heavy atom. The first kappa shape index (κ1) is 21.5. The Kier molecular flexibility index (Phi) is 4.62. The second kappa shape index (κ2) is 7.96. The minimum Gasteiger partial charge on any atom is -0.388 e. The molecule has 0 radical (unpaired) electrons. The molecule has 5 aromatic rings. The molecule has 186 valence electrons. The molecule has 37 heavy (non-hydrogen) atoms. The van der Waals surface area contributed by atoms with Crippen LogP contribution in [0, 0.1) is 0 Å². The number of hydrogen-bond acceptors (Lipinski definition) is 6. The lowest BCUT2D eigenvalue weighted by molar-refractivity contribution is 0.00352. The molecule has 2 aliphatic carbocycles. The summed E-state index contributed by atoms with van der Waals surface area (Å²) in [6.07, 6.45) is 14.3. The minimum absolute atomic E-state index is 0.0974. The molecule has 7 heteroatoms. The van der Waals surface area contributed by atoms with Crippen molar-refractivity contribution in [3.63, 3.8) is 0 Å². The number of hydrogen-bond donors (Lipinski definition) is 2. The summed E-state index contributed by atoms with van der Waals surface area (Å²) < 4.78 is 0. The molecule has 2 N–H and O–H groups in total. The summed E-state index contributed by atoms with van der Waals surface area (Å²) in [5.74, 6) is 2.17. The van der Waals surface area contributed by atoms with E-state index in [1.807, 2.05) is 30.7 Å². The van der Waals surface area contributed by atoms with Crippen molar-refractivity contribution in [1.29, 1.82) is 0 Å². The molecule has 1 saturated heterocycles. The van der Waals surface area contributed by atoms with Gasteiger partial charge in [0.25, 0.3) is 0 Å². The summed E-state index contributed by atoms with van der Waals surface area (Å²) in [5.41, 5.74) is 4.40. The highest BCUT2D eigenvalue weighted by Crippen LogP contribution is 2.47. The van der Waals surface area contributed by atoms with E-state index in [1.165, 1.54) is 24.8 Å². The summed E-state index contributed by atoms with van der Waals surface area (Å²) in [6, 6.07) is 10.4. The van der Waals surface area contributed by atoms with Gasteiger partial charge in [-0.25, -0.2) is 15.0 Å². The van der Waals surface area contributed by atoms with Gasteiger partial charge in [0.2, 0.25) is 0 Å². The molecule has 2 atom stereocenters. The van der Waals surface area contributed by atoms with Gasteiger partial charge in [-0.15, -0.1) is 0 Å². The van der Waals surface area contributed by atoms with Crippen molar-refractivity contribution in [2.24, 2.45) is 0 Å². The van der Waals surface area contributed by atoms with E-state index >= 15 is 0 Å². The van der Waals surface area contributed by atoms with Crippen LogP contribution in [-0.4, -0.2) is 48.2 Å². The normalized spacial score (nSPS) is 24.1. The van der Waals surface area contributed by atoms with Gasteiger partial charge in [0, 0.05) is 46.2 Å². The summed E-state index contributed by atoms with van der Waals surface area (Å²) >= 11 is 0. The number of rotatable bonds is 3. The van der Waals surface area contributed by atoms with Crippen LogP contribution in [0.3, 0.4) is 0 Å².